The van der Waals surface area contributed by atoms with Crippen LogP contribution in [0.4, 0.5) is 0 Å². The van der Waals surface area contributed by atoms with Gasteiger partial charge in [-0.05, 0) is 99.5 Å². The Morgan fingerprint density at radius 1 is 0.984 bits per heavy atom. The van der Waals surface area contributed by atoms with Crippen molar-refractivity contribution in [2.75, 3.05) is 39.9 Å². The third-order valence-electron chi connectivity index (χ3n) is 13.6. The highest BCUT2D eigenvalue weighted by atomic mass is 16.5. The summed E-state index contributed by atoms with van der Waals surface area (Å²) in [4.78, 5) is 69.5. The van der Waals surface area contributed by atoms with E-state index in [0.717, 1.165) is 110 Å². The van der Waals surface area contributed by atoms with E-state index in [4.69, 9.17) is 9.47 Å². The number of benzene rings is 2. The van der Waals surface area contributed by atoms with Gasteiger partial charge in [0.2, 0.25) is 23.6 Å². The SMILES string of the molecule is CC[C@@H]1CC(=O)N[C@@H]1COc1ncc(C#C[C@H]2CC[C@H](CN3CCC(OCCCc4cccc5c4n(C)c(=O)n5C4CCC(=O)NC4=O)CC3)CC2)c2cc(C(=O)NC)ccc12. The van der Waals surface area contributed by atoms with E-state index in [9.17, 15) is 24.0 Å². The summed E-state index contributed by atoms with van der Waals surface area (Å²) < 4.78 is 15.7. The maximum absolute atomic E-state index is 13.3. The number of amides is 4. The number of piperidine rings is 2. The van der Waals surface area contributed by atoms with Crippen LogP contribution in [0, 0.1) is 29.6 Å². The molecule has 1 unspecified atom stereocenters. The average Bonchev–Trinajstić information content (AvgIpc) is 3.78. The smallest absolute Gasteiger partial charge is 0.329 e. The summed E-state index contributed by atoms with van der Waals surface area (Å²) >= 11 is 0. The van der Waals surface area contributed by atoms with Gasteiger partial charge in [0.25, 0.3) is 5.91 Å². The van der Waals surface area contributed by atoms with E-state index in [2.05, 4.69) is 44.6 Å². The molecule has 0 bridgehead atoms. The predicted molar refractivity (Wildman–Crippen MR) is 236 cm³/mol. The van der Waals surface area contributed by atoms with E-state index in [1.807, 2.05) is 30.3 Å². The zero-order chi connectivity index (χ0) is 43.3. The second-order valence-electron chi connectivity index (χ2n) is 17.6. The van der Waals surface area contributed by atoms with Gasteiger partial charge < -0.3 is 25.0 Å². The third kappa shape index (κ3) is 9.44. The Bertz CT molecular complexity index is 2450. The highest BCUT2D eigenvalue weighted by molar-refractivity contribution is 6.01. The van der Waals surface area contributed by atoms with Crippen molar-refractivity contribution in [1.82, 2.24) is 35.0 Å². The number of carbonyl (C=O) groups excluding carboxylic acids is 4. The van der Waals surface area contributed by atoms with Gasteiger partial charge in [-0.15, -0.1) is 0 Å². The molecule has 14 nitrogen and oxygen atoms in total. The number of nitrogens with zero attached hydrogens (tertiary/aromatic N) is 4. The maximum Gasteiger partial charge on any atom is 0.329 e. The van der Waals surface area contributed by atoms with Crippen LogP contribution in [0.2, 0.25) is 0 Å². The van der Waals surface area contributed by atoms with Crippen molar-refractivity contribution in [2.45, 2.75) is 102 Å². The van der Waals surface area contributed by atoms with Crippen LogP contribution in [0.25, 0.3) is 21.8 Å². The highest BCUT2D eigenvalue weighted by Gasteiger charge is 2.33. The van der Waals surface area contributed by atoms with Gasteiger partial charge in [0.1, 0.15) is 12.6 Å². The van der Waals surface area contributed by atoms with Crippen molar-refractivity contribution < 1.29 is 28.7 Å². The Labute approximate surface area is 362 Å². The van der Waals surface area contributed by atoms with Gasteiger partial charge in [0.15, 0.2) is 0 Å². The normalized spacial score (nSPS) is 23.5. The van der Waals surface area contributed by atoms with Gasteiger partial charge in [-0.1, -0.05) is 37.3 Å². The molecule has 4 aromatic rings. The number of rotatable bonds is 13. The van der Waals surface area contributed by atoms with Gasteiger partial charge in [-0.25, -0.2) is 9.78 Å². The zero-order valence-corrected chi connectivity index (χ0v) is 36.2. The number of likely N-dealkylation sites (tertiary alicyclic amines) is 1. The fraction of sp³-hybridized carbons (Fsp3) is 0.542. The molecule has 62 heavy (non-hydrogen) atoms. The second kappa shape index (κ2) is 19.3. The van der Waals surface area contributed by atoms with Crippen LogP contribution in [0.5, 0.6) is 5.88 Å². The number of hydrogen-bond acceptors (Lipinski definition) is 9. The summed E-state index contributed by atoms with van der Waals surface area (Å²) in [5.41, 5.74) is 3.67. The maximum atomic E-state index is 13.3. The predicted octanol–water partition coefficient (Wildman–Crippen LogP) is 4.79. The van der Waals surface area contributed by atoms with Crippen LogP contribution in [-0.2, 0) is 32.6 Å². The average molecular weight is 846 g/mol. The van der Waals surface area contributed by atoms with Crippen LogP contribution in [-0.4, -0.2) is 94.7 Å². The Morgan fingerprint density at radius 2 is 1.79 bits per heavy atom. The second-order valence-corrected chi connectivity index (χ2v) is 17.6. The number of imidazole rings is 1. The number of aromatic nitrogens is 3. The molecule has 3 N–H and O–H groups in total. The first-order valence-electron chi connectivity index (χ1n) is 22.5. The Morgan fingerprint density at radius 3 is 2.55 bits per heavy atom. The summed E-state index contributed by atoms with van der Waals surface area (Å²) in [6.45, 7) is 6.24. The molecule has 2 aromatic carbocycles. The van der Waals surface area contributed by atoms with Crippen LogP contribution >= 0.6 is 0 Å². The van der Waals surface area contributed by atoms with Crippen LogP contribution in [0.3, 0.4) is 0 Å². The molecule has 3 aliphatic heterocycles. The minimum absolute atomic E-state index is 0.0560. The number of carbonyl (C=O) groups is 4. The Kier molecular flexibility index (Phi) is 13.4. The molecule has 1 aliphatic carbocycles. The molecule has 5 heterocycles. The number of aryl methyl sites for hydroxylation is 2. The summed E-state index contributed by atoms with van der Waals surface area (Å²) in [6, 6.07) is 10.6. The van der Waals surface area contributed by atoms with E-state index in [0.29, 0.717) is 49.3 Å². The lowest BCUT2D eigenvalue weighted by Gasteiger charge is -2.36. The fourth-order valence-electron chi connectivity index (χ4n) is 10.0. The van der Waals surface area contributed by atoms with E-state index < -0.39 is 11.9 Å². The van der Waals surface area contributed by atoms with E-state index in [-0.39, 0.29) is 47.9 Å². The van der Waals surface area contributed by atoms with Crippen molar-refractivity contribution in [3.05, 3.63) is 69.8 Å². The van der Waals surface area contributed by atoms with Crippen molar-refractivity contribution >= 4 is 45.4 Å². The number of fused-ring (bicyclic) bond motifs is 2. The number of imide groups is 1. The molecule has 3 saturated heterocycles. The van der Waals surface area contributed by atoms with Gasteiger partial charge in [0, 0.05) is 81.6 Å². The number of para-hydroxylation sites is 1. The molecule has 8 rings (SSSR count). The molecule has 0 spiro atoms. The quantitative estimate of drug-likeness (QED) is 0.0975. The number of pyridine rings is 1. The molecule has 4 aliphatic rings. The first kappa shape index (κ1) is 43.1. The molecule has 3 atom stereocenters. The lowest BCUT2D eigenvalue weighted by atomic mass is 9.81. The van der Waals surface area contributed by atoms with Gasteiger partial charge in [0.05, 0.1) is 28.7 Å². The summed E-state index contributed by atoms with van der Waals surface area (Å²) in [5.74, 6) is 7.81. The lowest BCUT2D eigenvalue weighted by molar-refractivity contribution is -0.135. The molecule has 0 radical (unpaired) electrons. The third-order valence-corrected chi connectivity index (χ3v) is 13.6. The molecule has 1 saturated carbocycles. The van der Waals surface area contributed by atoms with Crippen molar-refractivity contribution in [3.63, 3.8) is 0 Å². The molecule has 328 valence electrons. The Balaban J connectivity index is 0.795. The number of ether oxygens (including phenoxy) is 2. The van der Waals surface area contributed by atoms with Gasteiger partial charge >= 0.3 is 5.69 Å². The zero-order valence-electron chi connectivity index (χ0n) is 36.2. The number of nitrogens with one attached hydrogen (secondary N) is 3. The first-order valence-corrected chi connectivity index (χ1v) is 22.5. The van der Waals surface area contributed by atoms with Crippen LogP contribution < -0.4 is 26.4 Å². The summed E-state index contributed by atoms with van der Waals surface area (Å²) in [7, 11) is 3.37. The van der Waals surface area contributed by atoms with Crippen molar-refractivity contribution in [1.29, 1.82) is 0 Å². The summed E-state index contributed by atoms with van der Waals surface area (Å²) in [6.07, 6.45) is 12.0. The van der Waals surface area contributed by atoms with E-state index in [1.54, 1.807) is 30.9 Å². The molecule has 14 heteroatoms. The molecule has 2 aromatic heterocycles. The molecular weight excluding hydrogens is 787 g/mol. The minimum atomic E-state index is -0.693. The monoisotopic (exact) mass is 845 g/mol. The molecular formula is C48H59N7O7. The van der Waals surface area contributed by atoms with E-state index in [1.165, 1.54) is 4.57 Å². The topological polar surface area (TPSA) is 166 Å². The van der Waals surface area contributed by atoms with Gasteiger partial charge in [-0.2, -0.15) is 0 Å². The fourth-order valence-corrected chi connectivity index (χ4v) is 10.0. The standard InChI is InChI=1S/C48H59N7O7/c1-4-32-26-43(57)51-39(32)29-62-47-37-17-16-34(45(58)49-2)25-38(37)35(27-50-47)15-14-30-10-12-31(13-11-30)28-54-22-20-36(21-23-54)61-24-6-8-33-7-5-9-40-44(33)53(3)48(60)55(40)41-18-19-42(56)52-46(41)59/h5,7,9,16-17,25,27,30-32,36,39,41H,4,6,8,10-13,18-24,26,28-29H2,1-3H3,(H,49,58)(H,51,57)(H,52,56,59)/t30-,31-,32-,39-,41?/m1/s1. The minimum Gasteiger partial charge on any atom is -0.475 e. The highest BCUT2D eigenvalue weighted by Crippen LogP contribution is 2.32. The summed E-state index contributed by atoms with van der Waals surface area (Å²) in [5, 5.41) is 9.75. The van der Waals surface area contributed by atoms with Crippen molar-refractivity contribution in [3.8, 4) is 17.7 Å². The molecule has 4 amide bonds. The molecule has 4 fully saturated rings. The Hall–Kier alpha value is -5.52. The largest absolute Gasteiger partial charge is 0.475 e. The van der Waals surface area contributed by atoms with E-state index >= 15 is 0 Å². The first-order chi connectivity index (χ1) is 30.1. The van der Waals surface area contributed by atoms with Crippen molar-refractivity contribution in [2.24, 2.45) is 24.8 Å². The van der Waals surface area contributed by atoms with Crippen LogP contribution in [0.1, 0.15) is 105 Å². The number of hydrogen-bond donors (Lipinski definition) is 3. The lowest BCUT2D eigenvalue weighted by Crippen LogP contribution is -2.44. The van der Waals surface area contributed by atoms with Crippen LogP contribution in [0.15, 0.2) is 47.4 Å². The van der Waals surface area contributed by atoms with Gasteiger partial charge in [-0.3, -0.25) is 33.6 Å².